The Morgan fingerprint density at radius 1 is 1.00 bits per heavy atom. The normalized spacial score (nSPS) is 10.8. The molecule has 0 saturated heterocycles. The Labute approximate surface area is 121 Å². The third-order valence-electron chi connectivity index (χ3n) is 3.56. The van der Waals surface area contributed by atoms with Crippen LogP contribution in [0.2, 0.25) is 0 Å². The number of carbonyl (C=O) groups excluding carboxylic acids is 1. The van der Waals surface area contributed by atoms with Crippen LogP contribution < -0.4 is 5.43 Å². The Morgan fingerprint density at radius 3 is 2.52 bits per heavy atom. The van der Waals surface area contributed by atoms with E-state index in [1.807, 2.05) is 32.0 Å². The van der Waals surface area contributed by atoms with Crippen LogP contribution in [0.25, 0.3) is 11.0 Å². The van der Waals surface area contributed by atoms with Gasteiger partial charge in [0.15, 0.2) is 5.78 Å². The van der Waals surface area contributed by atoms with Gasteiger partial charge in [0, 0.05) is 5.56 Å². The first-order valence-corrected chi connectivity index (χ1v) is 6.70. The van der Waals surface area contributed by atoms with E-state index < -0.39 is 0 Å². The Morgan fingerprint density at radius 2 is 1.76 bits per heavy atom. The van der Waals surface area contributed by atoms with Gasteiger partial charge in [-0.1, -0.05) is 30.3 Å². The average molecular weight is 278 g/mol. The molecule has 0 radical (unpaired) electrons. The summed E-state index contributed by atoms with van der Waals surface area (Å²) in [5, 5.41) is 0.431. The number of rotatable bonds is 2. The van der Waals surface area contributed by atoms with Crippen molar-refractivity contribution in [2.45, 2.75) is 13.8 Å². The van der Waals surface area contributed by atoms with Crippen LogP contribution in [-0.4, -0.2) is 5.78 Å². The molecule has 1 aromatic heterocycles. The molecule has 0 unspecified atom stereocenters. The molecule has 21 heavy (non-hydrogen) atoms. The Hall–Kier alpha value is -2.68. The lowest BCUT2D eigenvalue weighted by Crippen LogP contribution is -2.16. The van der Waals surface area contributed by atoms with Gasteiger partial charge in [-0.2, -0.15) is 0 Å². The van der Waals surface area contributed by atoms with E-state index in [0.29, 0.717) is 16.5 Å². The molecule has 3 aromatic rings. The zero-order valence-electron chi connectivity index (χ0n) is 11.8. The summed E-state index contributed by atoms with van der Waals surface area (Å²) in [6.45, 7) is 3.77. The Bertz CT molecular complexity index is 904. The molecule has 0 aliphatic carbocycles. The largest absolute Gasteiger partial charge is 0.463 e. The highest BCUT2D eigenvalue weighted by atomic mass is 16.3. The number of ketones is 1. The monoisotopic (exact) mass is 278 g/mol. The van der Waals surface area contributed by atoms with Crippen LogP contribution in [0.5, 0.6) is 0 Å². The molecule has 0 fully saturated rings. The van der Waals surface area contributed by atoms with E-state index in [2.05, 4.69) is 0 Å². The molecule has 104 valence electrons. The second-order valence-corrected chi connectivity index (χ2v) is 5.12. The van der Waals surface area contributed by atoms with Crippen LogP contribution in [-0.2, 0) is 0 Å². The molecule has 0 N–H and O–H groups in total. The molecule has 0 aliphatic rings. The number of benzene rings is 2. The van der Waals surface area contributed by atoms with Crippen molar-refractivity contribution in [2.75, 3.05) is 0 Å². The van der Waals surface area contributed by atoms with E-state index in [9.17, 15) is 9.59 Å². The van der Waals surface area contributed by atoms with Crippen molar-refractivity contribution >= 4 is 16.8 Å². The van der Waals surface area contributed by atoms with Crippen LogP contribution in [0, 0.1) is 13.8 Å². The maximum atomic E-state index is 12.5. The molecule has 0 atom stereocenters. The molecule has 3 heteroatoms. The fourth-order valence-corrected chi connectivity index (χ4v) is 2.37. The Kier molecular flexibility index (Phi) is 3.18. The zero-order valence-corrected chi connectivity index (χ0v) is 11.8. The van der Waals surface area contributed by atoms with Crippen LogP contribution in [0.1, 0.15) is 27.0 Å². The molecule has 0 spiro atoms. The van der Waals surface area contributed by atoms with Crippen LogP contribution in [0.15, 0.2) is 57.9 Å². The van der Waals surface area contributed by atoms with Crippen molar-refractivity contribution < 1.29 is 9.21 Å². The number of hydrogen-bond donors (Lipinski definition) is 0. The highest BCUT2D eigenvalue weighted by Crippen LogP contribution is 2.16. The van der Waals surface area contributed by atoms with E-state index >= 15 is 0 Å². The summed E-state index contributed by atoms with van der Waals surface area (Å²) in [4.78, 5) is 25.0. The highest BCUT2D eigenvalue weighted by molar-refractivity contribution is 6.10. The maximum Gasteiger partial charge on any atom is 0.203 e. The maximum absolute atomic E-state index is 12.5. The van der Waals surface area contributed by atoms with Crippen LogP contribution in [0.4, 0.5) is 0 Å². The van der Waals surface area contributed by atoms with E-state index in [0.717, 1.165) is 11.1 Å². The molecule has 1 heterocycles. The number of aryl methyl sites for hydroxylation is 2. The summed E-state index contributed by atoms with van der Waals surface area (Å²) in [6.07, 6.45) is 1.26. The summed E-state index contributed by atoms with van der Waals surface area (Å²) >= 11 is 0. The van der Waals surface area contributed by atoms with Gasteiger partial charge in [-0.3, -0.25) is 9.59 Å². The molecule has 2 aromatic carbocycles. The first-order chi connectivity index (χ1) is 10.1. The van der Waals surface area contributed by atoms with Gasteiger partial charge in [0.25, 0.3) is 0 Å². The minimum atomic E-state index is -0.302. The lowest BCUT2D eigenvalue weighted by Gasteiger charge is -2.05. The first-order valence-electron chi connectivity index (χ1n) is 6.70. The van der Waals surface area contributed by atoms with Gasteiger partial charge >= 0.3 is 0 Å². The molecule has 0 bridgehead atoms. The molecule has 0 aliphatic heterocycles. The van der Waals surface area contributed by atoms with Crippen LogP contribution >= 0.6 is 0 Å². The topological polar surface area (TPSA) is 47.3 Å². The predicted molar refractivity (Wildman–Crippen MR) is 81.8 cm³/mol. The molecular formula is C18H14O3. The standard InChI is InChI=1S/C18H14O3/c1-11-7-8-14-16(9-11)21-10-15(18(14)20)17(19)13-6-4-3-5-12(13)2/h3-10H,1-2H3. The number of fused-ring (bicyclic) bond motifs is 1. The van der Waals surface area contributed by atoms with Gasteiger partial charge in [0.2, 0.25) is 5.43 Å². The van der Waals surface area contributed by atoms with E-state index in [1.165, 1.54) is 6.26 Å². The number of hydrogen-bond acceptors (Lipinski definition) is 3. The zero-order chi connectivity index (χ0) is 15.0. The summed E-state index contributed by atoms with van der Waals surface area (Å²) in [5.41, 5.74) is 2.65. The molecule has 0 saturated carbocycles. The third-order valence-corrected chi connectivity index (χ3v) is 3.56. The lowest BCUT2D eigenvalue weighted by atomic mass is 9.99. The molecule has 3 rings (SSSR count). The second-order valence-electron chi connectivity index (χ2n) is 5.12. The van der Waals surface area contributed by atoms with Gasteiger partial charge in [0.05, 0.1) is 5.39 Å². The summed E-state index contributed by atoms with van der Waals surface area (Å²) in [6, 6.07) is 12.5. The van der Waals surface area contributed by atoms with Gasteiger partial charge < -0.3 is 4.42 Å². The Balaban J connectivity index is 2.20. The van der Waals surface area contributed by atoms with E-state index in [-0.39, 0.29) is 16.8 Å². The van der Waals surface area contributed by atoms with Crippen molar-refractivity contribution in [2.24, 2.45) is 0 Å². The van der Waals surface area contributed by atoms with E-state index in [4.69, 9.17) is 4.42 Å². The average Bonchev–Trinajstić information content (AvgIpc) is 2.47. The quantitative estimate of drug-likeness (QED) is 0.672. The minimum absolute atomic E-state index is 0.0700. The van der Waals surface area contributed by atoms with Gasteiger partial charge in [-0.15, -0.1) is 0 Å². The summed E-state index contributed by atoms with van der Waals surface area (Å²) in [5.74, 6) is -0.302. The predicted octanol–water partition coefficient (Wildman–Crippen LogP) is 3.64. The fourth-order valence-electron chi connectivity index (χ4n) is 2.37. The summed E-state index contributed by atoms with van der Waals surface area (Å²) < 4.78 is 5.47. The summed E-state index contributed by atoms with van der Waals surface area (Å²) in [7, 11) is 0. The third kappa shape index (κ3) is 2.27. The number of carbonyl (C=O) groups is 1. The molecule has 3 nitrogen and oxygen atoms in total. The SMILES string of the molecule is Cc1ccc2c(=O)c(C(=O)c3ccccc3C)coc2c1. The van der Waals surface area contributed by atoms with Gasteiger partial charge in [-0.05, 0) is 37.1 Å². The molecular weight excluding hydrogens is 264 g/mol. The lowest BCUT2D eigenvalue weighted by molar-refractivity contribution is 0.103. The highest BCUT2D eigenvalue weighted by Gasteiger charge is 2.17. The fraction of sp³-hybridized carbons (Fsp3) is 0.111. The van der Waals surface area contributed by atoms with Crippen molar-refractivity contribution in [3.63, 3.8) is 0 Å². The first kappa shape index (κ1) is 13.3. The molecule has 0 amide bonds. The van der Waals surface area contributed by atoms with Crippen LogP contribution in [0.3, 0.4) is 0 Å². The van der Waals surface area contributed by atoms with Gasteiger partial charge in [0.1, 0.15) is 17.4 Å². The van der Waals surface area contributed by atoms with Crippen molar-refractivity contribution in [1.82, 2.24) is 0 Å². The van der Waals surface area contributed by atoms with E-state index in [1.54, 1.807) is 24.3 Å². The van der Waals surface area contributed by atoms with Crippen molar-refractivity contribution in [3.05, 3.63) is 81.2 Å². The van der Waals surface area contributed by atoms with Crippen molar-refractivity contribution in [3.8, 4) is 0 Å². The second kappa shape index (κ2) is 5.02. The van der Waals surface area contributed by atoms with Crippen molar-refractivity contribution in [1.29, 1.82) is 0 Å². The van der Waals surface area contributed by atoms with Gasteiger partial charge in [-0.25, -0.2) is 0 Å². The minimum Gasteiger partial charge on any atom is -0.463 e. The smallest absolute Gasteiger partial charge is 0.203 e.